The summed E-state index contributed by atoms with van der Waals surface area (Å²) >= 11 is 0. The van der Waals surface area contributed by atoms with Gasteiger partial charge in [-0.1, -0.05) is 6.92 Å². The molecule has 26 heavy (non-hydrogen) atoms. The first-order valence-corrected chi connectivity index (χ1v) is 9.51. The Morgan fingerprint density at radius 3 is 2.42 bits per heavy atom. The average molecular weight is 357 g/mol. The van der Waals surface area contributed by atoms with Gasteiger partial charge in [-0.15, -0.1) is 0 Å². The van der Waals surface area contributed by atoms with E-state index in [4.69, 9.17) is 0 Å². The molecular weight excluding hydrogens is 330 g/mol. The van der Waals surface area contributed by atoms with Crippen molar-refractivity contribution in [2.45, 2.75) is 51.5 Å². The topological polar surface area (TPSA) is 78.5 Å². The third-order valence-electron chi connectivity index (χ3n) is 5.31. The highest BCUT2D eigenvalue weighted by Crippen LogP contribution is 2.23. The number of nitrogens with zero attached hydrogens (tertiary/aromatic N) is 1. The van der Waals surface area contributed by atoms with Gasteiger partial charge in [0, 0.05) is 30.3 Å². The maximum absolute atomic E-state index is 12.2. The molecule has 1 aromatic rings. The number of hydrogen-bond acceptors (Lipinski definition) is 3. The number of hydrogen-bond donors (Lipinski definition) is 2. The first kappa shape index (κ1) is 18.4. The van der Waals surface area contributed by atoms with E-state index in [1.807, 2.05) is 0 Å². The van der Waals surface area contributed by atoms with Crippen molar-refractivity contribution >= 4 is 23.4 Å². The summed E-state index contributed by atoms with van der Waals surface area (Å²) < 4.78 is 0. The van der Waals surface area contributed by atoms with Gasteiger partial charge in [0.2, 0.25) is 11.8 Å². The van der Waals surface area contributed by atoms with Crippen LogP contribution in [0.5, 0.6) is 0 Å². The summed E-state index contributed by atoms with van der Waals surface area (Å²) in [4.78, 5) is 37.7. The molecule has 140 valence electrons. The molecule has 1 aromatic carbocycles. The minimum Gasteiger partial charge on any atom is -0.352 e. The van der Waals surface area contributed by atoms with Crippen molar-refractivity contribution < 1.29 is 14.4 Å². The van der Waals surface area contributed by atoms with Gasteiger partial charge < -0.3 is 15.5 Å². The molecule has 1 aliphatic heterocycles. The maximum atomic E-state index is 12.2. The number of carbonyl (C=O) groups excluding carboxylic acids is 3. The molecule has 0 bridgehead atoms. The van der Waals surface area contributed by atoms with Crippen molar-refractivity contribution in [2.75, 3.05) is 18.0 Å². The fourth-order valence-electron chi connectivity index (χ4n) is 3.66. The van der Waals surface area contributed by atoms with Crippen molar-refractivity contribution in [1.82, 2.24) is 10.6 Å². The van der Waals surface area contributed by atoms with Crippen LogP contribution in [0.2, 0.25) is 0 Å². The fraction of sp³-hybridized carbons (Fsp3) is 0.550. The number of carbonyl (C=O) groups is 3. The highest BCUT2D eigenvalue weighted by atomic mass is 16.2. The Hall–Kier alpha value is -2.37. The summed E-state index contributed by atoms with van der Waals surface area (Å²) in [7, 11) is 0. The second-order valence-electron chi connectivity index (χ2n) is 7.40. The van der Waals surface area contributed by atoms with Crippen LogP contribution in [0, 0.1) is 5.92 Å². The van der Waals surface area contributed by atoms with E-state index in [1.165, 1.54) is 0 Å². The molecular formula is C20H27N3O3. The lowest BCUT2D eigenvalue weighted by molar-refractivity contribution is -0.121. The molecule has 0 spiro atoms. The maximum Gasteiger partial charge on any atom is 0.251 e. The lowest BCUT2D eigenvalue weighted by Gasteiger charge is -2.26. The van der Waals surface area contributed by atoms with Gasteiger partial charge in [-0.05, 0) is 62.3 Å². The van der Waals surface area contributed by atoms with Gasteiger partial charge in [-0.25, -0.2) is 0 Å². The quantitative estimate of drug-likeness (QED) is 0.848. The smallest absolute Gasteiger partial charge is 0.251 e. The minimum atomic E-state index is -0.281. The van der Waals surface area contributed by atoms with E-state index >= 15 is 0 Å². The molecule has 0 radical (unpaired) electrons. The lowest BCUT2D eigenvalue weighted by atomic mass is 9.87. The van der Waals surface area contributed by atoms with Crippen LogP contribution in [0.1, 0.15) is 55.8 Å². The molecule has 2 aliphatic rings. The minimum absolute atomic E-state index is 0.0166. The van der Waals surface area contributed by atoms with E-state index in [9.17, 15) is 14.4 Å². The van der Waals surface area contributed by atoms with Gasteiger partial charge in [0.05, 0.1) is 6.54 Å². The third-order valence-corrected chi connectivity index (χ3v) is 5.31. The van der Waals surface area contributed by atoms with Crippen LogP contribution in [0.3, 0.4) is 0 Å². The Morgan fingerprint density at radius 1 is 1.12 bits per heavy atom. The van der Waals surface area contributed by atoms with E-state index in [1.54, 1.807) is 29.2 Å². The standard InChI is InChI=1S/C20H27N3O3/c1-14-4-8-16(9-5-14)22-18(24)13-21-20(26)15-6-10-17(11-7-15)23-12-2-3-19(23)25/h6-7,10-11,14,16H,2-5,8-9,12-13H2,1H3,(H,21,26)(H,22,24). The van der Waals surface area contributed by atoms with E-state index in [0.717, 1.165) is 50.3 Å². The predicted molar refractivity (Wildman–Crippen MR) is 99.9 cm³/mol. The third kappa shape index (κ3) is 4.62. The van der Waals surface area contributed by atoms with Gasteiger partial charge in [0.1, 0.15) is 0 Å². The largest absolute Gasteiger partial charge is 0.352 e. The first-order chi connectivity index (χ1) is 12.5. The number of rotatable bonds is 5. The molecule has 0 atom stereocenters. The average Bonchev–Trinajstić information content (AvgIpc) is 3.08. The van der Waals surface area contributed by atoms with Crippen molar-refractivity contribution in [3.8, 4) is 0 Å². The predicted octanol–water partition coefficient (Wildman–Crippen LogP) is 2.24. The van der Waals surface area contributed by atoms with E-state index < -0.39 is 0 Å². The van der Waals surface area contributed by atoms with Crippen LogP contribution in [0.15, 0.2) is 24.3 Å². The summed E-state index contributed by atoms with van der Waals surface area (Å²) in [5.74, 6) is 0.437. The molecule has 1 heterocycles. The van der Waals surface area contributed by atoms with Crippen molar-refractivity contribution in [3.05, 3.63) is 29.8 Å². The molecule has 6 nitrogen and oxygen atoms in total. The van der Waals surface area contributed by atoms with Gasteiger partial charge >= 0.3 is 0 Å². The zero-order valence-corrected chi connectivity index (χ0v) is 15.3. The fourth-order valence-corrected chi connectivity index (χ4v) is 3.66. The molecule has 6 heteroatoms. The van der Waals surface area contributed by atoms with Crippen LogP contribution in [0.4, 0.5) is 5.69 Å². The molecule has 2 N–H and O–H groups in total. The van der Waals surface area contributed by atoms with Gasteiger partial charge in [-0.2, -0.15) is 0 Å². The van der Waals surface area contributed by atoms with E-state index in [0.29, 0.717) is 12.0 Å². The molecule has 0 aromatic heterocycles. The van der Waals surface area contributed by atoms with E-state index in [2.05, 4.69) is 17.6 Å². The molecule has 1 saturated carbocycles. The lowest BCUT2D eigenvalue weighted by Crippen LogP contribution is -2.43. The summed E-state index contributed by atoms with van der Waals surface area (Å²) in [5, 5.41) is 5.66. The van der Waals surface area contributed by atoms with Crippen LogP contribution in [0.25, 0.3) is 0 Å². The Morgan fingerprint density at radius 2 is 1.81 bits per heavy atom. The van der Waals surface area contributed by atoms with Crippen molar-refractivity contribution in [1.29, 1.82) is 0 Å². The highest BCUT2D eigenvalue weighted by Gasteiger charge is 2.22. The van der Waals surface area contributed by atoms with Crippen molar-refractivity contribution in [2.24, 2.45) is 5.92 Å². The van der Waals surface area contributed by atoms with Gasteiger partial charge in [0.25, 0.3) is 5.91 Å². The molecule has 0 unspecified atom stereocenters. The molecule has 2 fully saturated rings. The van der Waals surface area contributed by atoms with Gasteiger partial charge in [-0.3, -0.25) is 14.4 Å². The van der Waals surface area contributed by atoms with Crippen LogP contribution in [-0.2, 0) is 9.59 Å². The van der Waals surface area contributed by atoms with Gasteiger partial charge in [0.15, 0.2) is 0 Å². The molecule has 1 saturated heterocycles. The Labute approximate surface area is 154 Å². The van der Waals surface area contributed by atoms with Crippen LogP contribution < -0.4 is 15.5 Å². The molecule has 3 rings (SSSR count). The van der Waals surface area contributed by atoms with E-state index in [-0.39, 0.29) is 30.3 Å². The Bertz CT molecular complexity index is 663. The zero-order valence-electron chi connectivity index (χ0n) is 15.3. The summed E-state index contributed by atoms with van der Waals surface area (Å²) in [6.07, 6.45) is 5.76. The van der Waals surface area contributed by atoms with Crippen molar-refractivity contribution in [3.63, 3.8) is 0 Å². The summed E-state index contributed by atoms with van der Waals surface area (Å²) in [6, 6.07) is 7.17. The highest BCUT2D eigenvalue weighted by molar-refractivity contribution is 5.98. The Balaban J connectivity index is 1.45. The first-order valence-electron chi connectivity index (χ1n) is 9.51. The normalized spacial score (nSPS) is 23.0. The van der Waals surface area contributed by atoms with Crippen LogP contribution >= 0.6 is 0 Å². The number of nitrogens with one attached hydrogen (secondary N) is 2. The molecule has 1 aliphatic carbocycles. The Kier molecular flexibility index (Phi) is 5.91. The number of anilines is 1. The van der Waals surface area contributed by atoms with Crippen LogP contribution in [-0.4, -0.2) is 36.9 Å². The molecule has 3 amide bonds. The number of benzene rings is 1. The number of amides is 3. The summed E-state index contributed by atoms with van der Waals surface area (Å²) in [6.45, 7) is 2.95. The monoisotopic (exact) mass is 357 g/mol. The second kappa shape index (κ2) is 8.34. The zero-order chi connectivity index (χ0) is 18.5. The summed E-state index contributed by atoms with van der Waals surface area (Å²) in [5.41, 5.74) is 1.30. The second-order valence-corrected chi connectivity index (χ2v) is 7.40. The SMILES string of the molecule is CC1CCC(NC(=O)CNC(=O)c2ccc(N3CCCC3=O)cc2)CC1.